The third-order valence-electron chi connectivity index (χ3n) is 4.75. The SMILES string of the molecule is O=C(NCc1ccco1)c1c(N=Cc2cc(Br)c(O)c(I)c2)sc2c1CCCC2. The lowest BCUT2D eigenvalue weighted by Crippen LogP contribution is -2.23. The first-order valence-corrected chi connectivity index (χ1v) is 11.9. The molecular formula is C21H18BrIN2O3S. The maximum Gasteiger partial charge on any atom is 0.255 e. The highest BCUT2D eigenvalue weighted by atomic mass is 127. The van der Waals surface area contributed by atoms with E-state index in [1.54, 1.807) is 29.9 Å². The molecule has 29 heavy (non-hydrogen) atoms. The predicted octanol–water partition coefficient (Wildman–Crippen LogP) is 5.97. The molecule has 150 valence electrons. The van der Waals surface area contributed by atoms with E-state index >= 15 is 0 Å². The second-order valence-corrected chi connectivity index (χ2v) is 9.84. The summed E-state index contributed by atoms with van der Waals surface area (Å²) in [4.78, 5) is 18.9. The van der Waals surface area contributed by atoms with Crippen LogP contribution in [0.3, 0.4) is 0 Å². The quantitative estimate of drug-likeness (QED) is 0.286. The van der Waals surface area contributed by atoms with Crippen LogP contribution in [0.15, 0.2) is 44.4 Å². The number of amides is 1. The van der Waals surface area contributed by atoms with Gasteiger partial charge in [-0.15, -0.1) is 11.3 Å². The Morgan fingerprint density at radius 2 is 2.21 bits per heavy atom. The van der Waals surface area contributed by atoms with Crippen LogP contribution >= 0.6 is 49.9 Å². The van der Waals surface area contributed by atoms with Gasteiger partial charge in [0.05, 0.1) is 26.4 Å². The van der Waals surface area contributed by atoms with E-state index in [0.29, 0.717) is 16.6 Å². The molecule has 3 aromatic rings. The molecule has 1 aromatic carbocycles. The number of hydrogen-bond donors (Lipinski definition) is 2. The molecule has 4 rings (SSSR count). The van der Waals surface area contributed by atoms with Gasteiger partial charge in [-0.1, -0.05) is 0 Å². The van der Waals surface area contributed by atoms with E-state index < -0.39 is 0 Å². The number of phenols is 1. The van der Waals surface area contributed by atoms with Crippen LogP contribution in [0.4, 0.5) is 5.00 Å². The third-order valence-corrected chi connectivity index (χ3v) is 7.38. The zero-order chi connectivity index (χ0) is 20.4. The van der Waals surface area contributed by atoms with Crippen LogP contribution in [0, 0.1) is 3.57 Å². The molecule has 0 spiro atoms. The molecule has 8 heteroatoms. The number of nitrogens with zero attached hydrogens (tertiary/aromatic N) is 1. The number of carbonyl (C=O) groups is 1. The Hall–Kier alpha value is -1.65. The zero-order valence-electron chi connectivity index (χ0n) is 15.4. The first-order chi connectivity index (χ1) is 14.0. The molecule has 1 aliphatic carbocycles. The highest BCUT2D eigenvalue weighted by molar-refractivity contribution is 14.1. The minimum absolute atomic E-state index is 0.116. The van der Waals surface area contributed by atoms with E-state index in [9.17, 15) is 9.90 Å². The lowest BCUT2D eigenvalue weighted by molar-refractivity contribution is 0.0948. The summed E-state index contributed by atoms with van der Waals surface area (Å²) in [6.07, 6.45) is 7.49. The van der Waals surface area contributed by atoms with Crippen molar-refractivity contribution in [1.29, 1.82) is 0 Å². The number of carbonyl (C=O) groups excluding carboxylic acids is 1. The Kier molecular flexibility index (Phi) is 6.41. The maximum absolute atomic E-state index is 13.0. The summed E-state index contributed by atoms with van der Waals surface area (Å²) in [6, 6.07) is 7.31. The molecule has 0 saturated carbocycles. The van der Waals surface area contributed by atoms with Crippen molar-refractivity contribution in [3.05, 3.63) is 65.9 Å². The van der Waals surface area contributed by atoms with Crippen molar-refractivity contribution in [1.82, 2.24) is 5.32 Å². The predicted molar refractivity (Wildman–Crippen MR) is 127 cm³/mol. The van der Waals surface area contributed by atoms with Crippen molar-refractivity contribution < 1.29 is 14.3 Å². The molecule has 0 unspecified atom stereocenters. The number of halogens is 2. The smallest absolute Gasteiger partial charge is 0.255 e. The van der Waals surface area contributed by atoms with Crippen LogP contribution in [-0.2, 0) is 19.4 Å². The summed E-state index contributed by atoms with van der Waals surface area (Å²) in [6.45, 7) is 0.350. The standard InChI is InChI=1S/C21H18BrIN2O3S/c22-15-8-12(9-16(23)19(15)26)10-25-21-18(14-5-1-2-6-17(14)29-21)20(27)24-11-13-4-3-7-28-13/h3-4,7-10,26H,1-2,5-6,11H2,(H,24,27). The first-order valence-electron chi connectivity index (χ1n) is 9.20. The van der Waals surface area contributed by atoms with E-state index in [0.717, 1.165) is 51.1 Å². The molecule has 1 aliphatic rings. The molecule has 0 atom stereocenters. The molecule has 1 amide bonds. The van der Waals surface area contributed by atoms with Crippen LogP contribution < -0.4 is 5.32 Å². The summed E-state index contributed by atoms with van der Waals surface area (Å²) in [7, 11) is 0. The molecule has 2 N–H and O–H groups in total. The van der Waals surface area contributed by atoms with Gasteiger partial charge >= 0.3 is 0 Å². The highest BCUT2D eigenvalue weighted by Gasteiger charge is 2.25. The summed E-state index contributed by atoms with van der Waals surface area (Å²) in [5.41, 5.74) is 2.67. The van der Waals surface area contributed by atoms with Crippen LogP contribution in [-0.4, -0.2) is 17.2 Å². The molecule has 0 saturated heterocycles. The Bertz CT molecular complexity index is 1050. The number of furan rings is 1. The number of aliphatic imine (C=N–C) groups is 1. The molecule has 0 bridgehead atoms. The van der Waals surface area contributed by atoms with Crippen LogP contribution in [0.5, 0.6) is 5.75 Å². The zero-order valence-corrected chi connectivity index (χ0v) is 19.9. The Balaban J connectivity index is 1.64. The Labute approximate surface area is 194 Å². The van der Waals surface area contributed by atoms with Gasteiger partial charge in [0.25, 0.3) is 5.91 Å². The summed E-state index contributed by atoms with van der Waals surface area (Å²) >= 11 is 7.04. The van der Waals surface area contributed by atoms with Gasteiger partial charge in [0.1, 0.15) is 16.5 Å². The van der Waals surface area contributed by atoms with E-state index in [1.165, 1.54) is 4.88 Å². The van der Waals surface area contributed by atoms with Crippen molar-refractivity contribution >= 4 is 67.0 Å². The van der Waals surface area contributed by atoms with Gasteiger partial charge < -0.3 is 14.8 Å². The summed E-state index contributed by atoms with van der Waals surface area (Å²) in [5, 5.41) is 13.6. The summed E-state index contributed by atoms with van der Waals surface area (Å²) < 4.78 is 6.67. The second-order valence-electron chi connectivity index (χ2n) is 6.74. The number of rotatable bonds is 5. The number of hydrogen-bond acceptors (Lipinski definition) is 5. The molecule has 2 heterocycles. The molecular weight excluding hydrogens is 567 g/mol. The van der Waals surface area contributed by atoms with Gasteiger partial charge in [-0.3, -0.25) is 4.79 Å². The second kappa shape index (κ2) is 9.01. The number of fused-ring (bicyclic) bond motifs is 1. The van der Waals surface area contributed by atoms with Crippen molar-refractivity contribution in [2.75, 3.05) is 0 Å². The molecule has 0 radical (unpaired) electrons. The fourth-order valence-electron chi connectivity index (χ4n) is 3.34. The van der Waals surface area contributed by atoms with Gasteiger partial charge in [0.2, 0.25) is 0 Å². The van der Waals surface area contributed by atoms with Crippen molar-refractivity contribution in [3.8, 4) is 5.75 Å². The lowest BCUT2D eigenvalue weighted by Gasteiger charge is -2.12. The van der Waals surface area contributed by atoms with Gasteiger partial charge in [-0.05, 0) is 99.6 Å². The van der Waals surface area contributed by atoms with E-state index in [1.807, 2.05) is 18.2 Å². The summed E-state index contributed by atoms with van der Waals surface area (Å²) in [5.74, 6) is 0.817. The normalized spacial score (nSPS) is 13.6. The van der Waals surface area contributed by atoms with Gasteiger partial charge in [-0.25, -0.2) is 4.99 Å². The van der Waals surface area contributed by atoms with Crippen LogP contribution in [0.25, 0.3) is 0 Å². The third kappa shape index (κ3) is 4.59. The molecule has 0 aliphatic heterocycles. The number of thiophene rings is 1. The van der Waals surface area contributed by atoms with E-state index in [-0.39, 0.29) is 11.7 Å². The molecule has 0 fully saturated rings. The number of aryl methyl sites for hydroxylation is 1. The molecule has 5 nitrogen and oxygen atoms in total. The largest absolute Gasteiger partial charge is 0.506 e. The number of aromatic hydroxyl groups is 1. The van der Waals surface area contributed by atoms with E-state index in [4.69, 9.17) is 4.42 Å². The Morgan fingerprint density at radius 1 is 1.38 bits per heavy atom. The van der Waals surface area contributed by atoms with Gasteiger partial charge in [0, 0.05) is 11.1 Å². The van der Waals surface area contributed by atoms with Crippen molar-refractivity contribution in [3.63, 3.8) is 0 Å². The average molecular weight is 585 g/mol. The minimum Gasteiger partial charge on any atom is -0.506 e. The topological polar surface area (TPSA) is 74.8 Å². The fraction of sp³-hybridized carbons (Fsp3) is 0.238. The maximum atomic E-state index is 13.0. The van der Waals surface area contributed by atoms with Gasteiger partial charge in [0.15, 0.2) is 0 Å². The average Bonchev–Trinajstić information content (AvgIpc) is 3.36. The highest BCUT2D eigenvalue weighted by Crippen LogP contribution is 2.40. The van der Waals surface area contributed by atoms with Crippen LogP contribution in [0.1, 0.15) is 45.0 Å². The minimum atomic E-state index is -0.116. The Morgan fingerprint density at radius 3 is 2.97 bits per heavy atom. The van der Waals surface area contributed by atoms with Crippen molar-refractivity contribution in [2.45, 2.75) is 32.2 Å². The fourth-order valence-corrected chi connectivity index (χ4v) is 6.07. The number of phenolic OH excluding ortho intramolecular Hbond substituents is 1. The lowest BCUT2D eigenvalue weighted by atomic mass is 9.95. The van der Waals surface area contributed by atoms with Crippen LogP contribution in [0.2, 0.25) is 0 Å². The first kappa shape index (κ1) is 20.6. The van der Waals surface area contributed by atoms with Crippen molar-refractivity contribution in [2.24, 2.45) is 4.99 Å². The molecule has 2 aromatic heterocycles. The number of nitrogens with one attached hydrogen (secondary N) is 1. The monoisotopic (exact) mass is 584 g/mol. The van der Waals surface area contributed by atoms with E-state index in [2.05, 4.69) is 48.8 Å². The number of benzene rings is 1. The van der Waals surface area contributed by atoms with Gasteiger partial charge in [-0.2, -0.15) is 0 Å².